The van der Waals surface area contributed by atoms with Crippen molar-refractivity contribution < 1.29 is 8.42 Å². The minimum absolute atomic E-state index is 0.221. The van der Waals surface area contributed by atoms with Gasteiger partial charge >= 0.3 is 0 Å². The van der Waals surface area contributed by atoms with Gasteiger partial charge in [0.15, 0.2) is 15.1 Å². The zero-order valence-corrected chi connectivity index (χ0v) is 11.8. The summed E-state index contributed by atoms with van der Waals surface area (Å²) in [6.45, 7) is 1.75. The van der Waals surface area contributed by atoms with E-state index in [2.05, 4.69) is 15.9 Å². The Hall–Kier alpha value is -1.06. The second-order valence-corrected chi connectivity index (χ2v) is 7.01. The highest BCUT2D eigenvalue weighted by Crippen LogP contribution is 2.37. The lowest BCUT2D eigenvalue weighted by Crippen LogP contribution is -2.47. The molecule has 0 aromatic heterocycles. The molecule has 1 heterocycles. The molecule has 1 aromatic carbocycles. The van der Waals surface area contributed by atoms with Crippen LogP contribution in [0.5, 0.6) is 0 Å². The molecular weight excluding hydrogens is 304 g/mol. The number of rotatable bonds is 0. The molecule has 0 N–H and O–H groups in total. The molecule has 0 bridgehead atoms. The van der Waals surface area contributed by atoms with Crippen LogP contribution in [0.3, 0.4) is 0 Å². The van der Waals surface area contributed by atoms with Gasteiger partial charge in [0.1, 0.15) is 0 Å². The van der Waals surface area contributed by atoms with Gasteiger partial charge in [0.05, 0.1) is 22.7 Å². The van der Waals surface area contributed by atoms with Crippen LogP contribution in [-0.2, 0) is 9.84 Å². The Bertz CT molecular complexity index is 606. The average Bonchev–Trinajstić information content (AvgIpc) is 2.27. The van der Waals surface area contributed by atoms with Gasteiger partial charge in [0.25, 0.3) is 0 Å². The van der Waals surface area contributed by atoms with Gasteiger partial charge in [0.2, 0.25) is 0 Å². The van der Waals surface area contributed by atoms with Gasteiger partial charge in [-0.1, -0.05) is 15.9 Å². The molecule has 0 amide bonds. The number of halogens is 1. The maximum Gasteiger partial charge on any atom is 0.198 e. The van der Waals surface area contributed by atoms with Crippen LogP contribution in [0.15, 0.2) is 27.6 Å². The van der Waals surface area contributed by atoms with Gasteiger partial charge in [-0.05, 0) is 25.1 Å². The van der Waals surface area contributed by atoms with Crippen molar-refractivity contribution in [2.75, 3.05) is 11.9 Å². The highest BCUT2D eigenvalue weighted by atomic mass is 79.9. The van der Waals surface area contributed by atoms with Gasteiger partial charge in [-0.2, -0.15) is 5.26 Å². The molecule has 2 atom stereocenters. The molecule has 2 unspecified atom stereocenters. The normalized spacial score (nSPS) is 26.1. The number of hydrogen-bond donors (Lipinski definition) is 0. The topological polar surface area (TPSA) is 61.2 Å². The molecule has 0 fully saturated rings. The fourth-order valence-electron chi connectivity index (χ4n) is 2.00. The largest absolute Gasteiger partial charge is 0.368 e. The van der Waals surface area contributed by atoms with E-state index in [-0.39, 0.29) is 10.9 Å². The van der Waals surface area contributed by atoms with E-state index in [0.717, 1.165) is 0 Å². The molecule has 1 aliphatic rings. The Labute approximate surface area is 109 Å². The Morgan fingerprint density at radius 3 is 2.71 bits per heavy atom. The van der Waals surface area contributed by atoms with Crippen molar-refractivity contribution in [1.82, 2.24) is 0 Å². The van der Waals surface area contributed by atoms with Crippen LogP contribution in [0.2, 0.25) is 0 Å². The number of fused-ring (bicyclic) bond motifs is 1. The fraction of sp³-hybridized carbons (Fsp3) is 0.364. The van der Waals surface area contributed by atoms with Crippen LogP contribution in [0, 0.1) is 11.3 Å². The van der Waals surface area contributed by atoms with Crippen molar-refractivity contribution in [3.05, 3.63) is 22.7 Å². The summed E-state index contributed by atoms with van der Waals surface area (Å²) in [5.74, 6) is 0. The first kappa shape index (κ1) is 12.4. The van der Waals surface area contributed by atoms with Gasteiger partial charge in [0, 0.05) is 11.5 Å². The van der Waals surface area contributed by atoms with E-state index < -0.39 is 15.1 Å². The third kappa shape index (κ3) is 1.74. The lowest BCUT2D eigenvalue weighted by molar-refractivity contribution is 0.563. The van der Waals surface area contributed by atoms with E-state index in [4.69, 9.17) is 5.26 Å². The van der Waals surface area contributed by atoms with E-state index in [1.807, 2.05) is 11.0 Å². The van der Waals surface area contributed by atoms with Crippen LogP contribution in [0.1, 0.15) is 6.92 Å². The molecular formula is C11H11BrN2O2S. The molecule has 1 aromatic rings. The monoisotopic (exact) mass is 314 g/mol. The SMILES string of the molecule is CC1C(C#N)S(=O)(=O)c2cc(Br)ccc2N1C. The first-order valence-electron chi connectivity index (χ1n) is 5.05. The molecule has 90 valence electrons. The number of hydrogen-bond acceptors (Lipinski definition) is 4. The maximum atomic E-state index is 12.3. The third-order valence-corrected chi connectivity index (χ3v) is 5.72. The van der Waals surface area contributed by atoms with Crippen LogP contribution < -0.4 is 4.90 Å². The molecule has 4 nitrogen and oxygen atoms in total. The second-order valence-electron chi connectivity index (χ2n) is 4.06. The summed E-state index contributed by atoms with van der Waals surface area (Å²) in [7, 11) is -1.77. The Balaban J connectivity index is 2.77. The lowest BCUT2D eigenvalue weighted by atomic mass is 10.2. The minimum atomic E-state index is -3.57. The molecule has 0 spiro atoms. The van der Waals surface area contributed by atoms with E-state index in [0.29, 0.717) is 10.2 Å². The number of nitriles is 1. The van der Waals surface area contributed by atoms with Crippen LogP contribution >= 0.6 is 15.9 Å². The summed E-state index contributed by atoms with van der Waals surface area (Å²) in [5, 5.41) is 8.02. The quantitative estimate of drug-likeness (QED) is 0.734. The number of benzene rings is 1. The molecule has 0 radical (unpaired) electrons. The first-order valence-corrected chi connectivity index (χ1v) is 7.39. The van der Waals surface area contributed by atoms with Crippen molar-refractivity contribution in [2.24, 2.45) is 0 Å². The number of nitrogens with zero attached hydrogens (tertiary/aromatic N) is 2. The summed E-state index contributed by atoms with van der Waals surface area (Å²) in [5.41, 5.74) is 0.646. The predicted molar refractivity (Wildman–Crippen MR) is 68.6 cm³/mol. The average molecular weight is 315 g/mol. The zero-order valence-electron chi connectivity index (χ0n) is 9.38. The van der Waals surface area contributed by atoms with Crippen LogP contribution in [0.4, 0.5) is 5.69 Å². The fourth-order valence-corrected chi connectivity index (χ4v) is 4.42. The Kier molecular flexibility index (Phi) is 2.92. The third-order valence-electron chi connectivity index (χ3n) is 3.12. The van der Waals surface area contributed by atoms with Crippen molar-refractivity contribution in [3.8, 4) is 6.07 Å². The Morgan fingerprint density at radius 1 is 1.47 bits per heavy atom. The van der Waals surface area contributed by atoms with Crippen LogP contribution in [-0.4, -0.2) is 26.8 Å². The highest BCUT2D eigenvalue weighted by Gasteiger charge is 2.41. The molecule has 2 rings (SSSR count). The van der Waals surface area contributed by atoms with Crippen molar-refractivity contribution in [3.63, 3.8) is 0 Å². The molecule has 0 saturated heterocycles. The smallest absolute Gasteiger partial charge is 0.198 e. The van der Waals surface area contributed by atoms with Crippen LogP contribution in [0.25, 0.3) is 0 Å². The Morgan fingerprint density at radius 2 is 2.12 bits per heavy atom. The van der Waals surface area contributed by atoms with E-state index in [1.165, 1.54) is 0 Å². The standard InChI is InChI=1S/C11H11BrN2O2S/c1-7-11(6-13)17(15,16)10-5-8(12)3-4-9(10)14(7)2/h3-5,7,11H,1-2H3. The zero-order chi connectivity index (χ0) is 12.8. The molecule has 17 heavy (non-hydrogen) atoms. The van der Waals surface area contributed by atoms with Crippen molar-refractivity contribution in [2.45, 2.75) is 23.1 Å². The molecule has 0 saturated carbocycles. The summed E-state index contributed by atoms with van der Waals surface area (Å²) in [4.78, 5) is 2.05. The second kappa shape index (κ2) is 4.00. The molecule has 6 heteroatoms. The predicted octanol–water partition coefficient (Wildman–Crippen LogP) is 1.95. The van der Waals surface area contributed by atoms with Gasteiger partial charge < -0.3 is 4.90 Å². The number of anilines is 1. The van der Waals surface area contributed by atoms with Gasteiger partial charge in [-0.3, -0.25) is 0 Å². The molecule has 1 aliphatic heterocycles. The van der Waals surface area contributed by atoms with Crippen molar-refractivity contribution >= 4 is 31.5 Å². The summed E-state index contributed by atoms with van der Waals surface area (Å²) in [6.07, 6.45) is 0. The highest BCUT2D eigenvalue weighted by molar-refractivity contribution is 9.10. The van der Waals surface area contributed by atoms with Crippen molar-refractivity contribution in [1.29, 1.82) is 5.26 Å². The van der Waals surface area contributed by atoms with Gasteiger partial charge in [-0.25, -0.2) is 8.42 Å². The summed E-state index contributed by atoms with van der Waals surface area (Å²) in [6, 6.07) is 6.64. The van der Waals surface area contributed by atoms with E-state index in [9.17, 15) is 8.42 Å². The van der Waals surface area contributed by atoms with E-state index in [1.54, 1.807) is 32.2 Å². The summed E-state index contributed by atoms with van der Waals surface area (Å²) >= 11 is 3.25. The van der Waals surface area contributed by atoms with E-state index >= 15 is 0 Å². The van der Waals surface area contributed by atoms with Gasteiger partial charge in [-0.15, -0.1) is 0 Å². The molecule has 0 aliphatic carbocycles. The number of sulfone groups is 1. The minimum Gasteiger partial charge on any atom is -0.368 e. The summed E-state index contributed by atoms with van der Waals surface area (Å²) < 4.78 is 25.2. The lowest BCUT2D eigenvalue weighted by Gasteiger charge is -2.36. The maximum absolute atomic E-state index is 12.3. The first-order chi connectivity index (χ1) is 7.89.